The number of carboxylic acids is 1. The maximum Gasteiger partial charge on any atom is 0.418 e. The number of alkyl halides is 3. The van der Waals surface area contributed by atoms with Crippen molar-refractivity contribution in [3.8, 4) is 0 Å². The monoisotopic (exact) mass is 295 g/mol. The summed E-state index contributed by atoms with van der Waals surface area (Å²) >= 11 is 5.76. The Kier molecular flexibility index (Phi) is 5.05. The van der Waals surface area contributed by atoms with Crippen molar-refractivity contribution in [3.63, 3.8) is 0 Å². The van der Waals surface area contributed by atoms with Crippen LogP contribution >= 0.6 is 11.6 Å². The normalized spacial score (nSPS) is 13.1. The van der Waals surface area contributed by atoms with Gasteiger partial charge in [-0.25, -0.2) is 0 Å². The van der Waals surface area contributed by atoms with Crippen molar-refractivity contribution in [3.05, 3.63) is 28.8 Å². The number of carbonyl (C=O) groups is 1. The molecule has 0 aliphatic rings. The molecule has 0 spiro atoms. The summed E-state index contributed by atoms with van der Waals surface area (Å²) < 4.78 is 38.4. The Morgan fingerprint density at radius 3 is 2.63 bits per heavy atom. The van der Waals surface area contributed by atoms with Crippen LogP contribution in [0.2, 0.25) is 5.02 Å². The maximum atomic E-state index is 12.8. The van der Waals surface area contributed by atoms with E-state index >= 15 is 0 Å². The Bertz CT molecular complexity index is 463. The van der Waals surface area contributed by atoms with E-state index in [1.165, 1.54) is 12.1 Å². The van der Waals surface area contributed by atoms with Crippen LogP contribution in [-0.4, -0.2) is 17.1 Å². The van der Waals surface area contributed by atoms with Gasteiger partial charge in [0.2, 0.25) is 0 Å². The highest BCUT2D eigenvalue weighted by Crippen LogP contribution is 2.38. The van der Waals surface area contributed by atoms with Crippen molar-refractivity contribution in [1.82, 2.24) is 0 Å². The molecule has 0 aliphatic heterocycles. The second kappa shape index (κ2) is 6.14. The number of hydrogen-bond acceptors (Lipinski definition) is 2. The molecule has 106 valence electrons. The first-order valence-corrected chi connectivity index (χ1v) is 5.93. The van der Waals surface area contributed by atoms with Gasteiger partial charge in [0.1, 0.15) is 0 Å². The van der Waals surface area contributed by atoms with Gasteiger partial charge in [0.25, 0.3) is 0 Å². The van der Waals surface area contributed by atoms with Crippen LogP contribution in [0.3, 0.4) is 0 Å². The van der Waals surface area contributed by atoms with Crippen molar-refractivity contribution < 1.29 is 23.1 Å². The predicted octanol–water partition coefficient (Wildman–Crippen LogP) is 4.02. The topological polar surface area (TPSA) is 49.3 Å². The molecular formula is C12H13ClF3NO2. The minimum atomic E-state index is -4.51. The highest BCUT2D eigenvalue weighted by molar-refractivity contribution is 6.33. The molecule has 0 heterocycles. The van der Waals surface area contributed by atoms with Gasteiger partial charge in [-0.3, -0.25) is 4.79 Å². The molecule has 0 fully saturated rings. The average Bonchev–Trinajstić information content (AvgIpc) is 2.27. The molecule has 19 heavy (non-hydrogen) atoms. The molecule has 1 aromatic rings. The van der Waals surface area contributed by atoms with Gasteiger partial charge in [0.05, 0.1) is 16.3 Å². The number of para-hydroxylation sites is 1. The van der Waals surface area contributed by atoms with E-state index in [9.17, 15) is 18.0 Å². The summed E-state index contributed by atoms with van der Waals surface area (Å²) in [7, 11) is 0. The van der Waals surface area contributed by atoms with Crippen LogP contribution in [0, 0.1) is 0 Å². The molecule has 3 nitrogen and oxygen atoms in total. The lowest BCUT2D eigenvalue weighted by atomic mass is 10.1. The Hall–Kier alpha value is -1.43. The maximum absolute atomic E-state index is 12.8. The van der Waals surface area contributed by atoms with Crippen molar-refractivity contribution in [2.75, 3.05) is 5.32 Å². The third-order valence-electron chi connectivity index (χ3n) is 2.50. The number of hydrogen-bond donors (Lipinski definition) is 2. The first kappa shape index (κ1) is 15.6. The third kappa shape index (κ3) is 4.63. The third-order valence-corrected chi connectivity index (χ3v) is 2.82. The number of halogens is 4. The van der Waals surface area contributed by atoms with Crippen LogP contribution in [0.5, 0.6) is 0 Å². The molecule has 0 radical (unpaired) electrons. The molecule has 0 aromatic heterocycles. The zero-order valence-electron chi connectivity index (χ0n) is 10.1. The fourth-order valence-electron chi connectivity index (χ4n) is 1.57. The fraction of sp³-hybridized carbons (Fsp3) is 0.417. The van der Waals surface area contributed by atoms with Gasteiger partial charge >= 0.3 is 12.1 Å². The molecule has 0 saturated carbocycles. The van der Waals surface area contributed by atoms with Gasteiger partial charge in [0.15, 0.2) is 0 Å². The Morgan fingerprint density at radius 2 is 2.11 bits per heavy atom. The van der Waals surface area contributed by atoms with Crippen molar-refractivity contribution in [2.45, 2.75) is 32.0 Å². The molecule has 1 aromatic carbocycles. The zero-order valence-corrected chi connectivity index (χ0v) is 10.8. The molecule has 1 rings (SSSR count). The van der Waals surface area contributed by atoms with Crippen LogP contribution in [0.25, 0.3) is 0 Å². The van der Waals surface area contributed by atoms with E-state index in [4.69, 9.17) is 16.7 Å². The van der Waals surface area contributed by atoms with Crippen molar-refractivity contribution in [2.24, 2.45) is 0 Å². The summed E-state index contributed by atoms with van der Waals surface area (Å²) in [5, 5.41) is 11.1. The van der Waals surface area contributed by atoms with Crippen LogP contribution in [0.15, 0.2) is 18.2 Å². The highest BCUT2D eigenvalue weighted by atomic mass is 35.5. The second-order valence-corrected chi connectivity index (χ2v) is 4.55. The van der Waals surface area contributed by atoms with E-state index in [0.717, 1.165) is 6.07 Å². The predicted molar refractivity (Wildman–Crippen MR) is 66.4 cm³/mol. The summed E-state index contributed by atoms with van der Waals surface area (Å²) in [5.41, 5.74) is -1.07. The first-order chi connectivity index (χ1) is 8.71. The molecule has 1 atom stereocenters. The van der Waals surface area contributed by atoms with Crippen LogP contribution in [0.1, 0.15) is 25.3 Å². The number of nitrogens with one attached hydrogen (secondary N) is 1. The summed E-state index contributed by atoms with van der Waals surface area (Å²) in [6.45, 7) is 1.60. The van der Waals surface area contributed by atoms with Crippen LogP contribution in [0.4, 0.5) is 18.9 Å². The minimum absolute atomic E-state index is 0.0444. The summed E-state index contributed by atoms with van der Waals surface area (Å²) in [6.07, 6.45) is -4.43. The van der Waals surface area contributed by atoms with Gasteiger partial charge in [0, 0.05) is 12.5 Å². The standard InChI is InChI=1S/C12H13ClF3NO2/c1-7(5-6-10(18)19)17-11-8(12(14,15)16)3-2-4-9(11)13/h2-4,7,17H,5-6H2,1H3,(H,18,19). The molecule has 0 bridgehead atoms. The second-order valence-electron chi connectivity index (χ2n) is 4.14. The van der Waals surface area contributed by atoms with Crippen molar-refractivity contribution >= 4 is 23.3 Å². The van der Waals surface area contributed by atoms with Gasteiger partial charge < -0.3 is 10.4 Å². The van der Waals surface area contributed by atoms with E-state index in [-0.39, 0.29) is 23.6 Å². The molecular weight excluding hydrogens is 283 g/mol. The quantitative estimate of drug-likeness (QED) is 0.862. The number of carboxylic acid groups (broad SMARTS) is 1. The molecule has 2 N–H and O–H groups in total. The lowest BCUT2D eigenvalue weighted by Gasteiger charge is -2.20. The number of rotatable bonds is 5. The number of aliphatic carboxylic acids is 1. The van der Waals surface area contributed by atoms with E-state index in [2.05, 4.69) is 5.32 Å². The molecule has 1 unspecified atom stereocenters. The number of benzene rings is 1. The van der Waals surface area contributed by atoms with E-state index in [1.54, 1.807) is 6.92 Å². The number of anilines is 1. The van der Waals surface area contributed by atoms with E-state index < -0.39 is 23.8 Å². The summed E-state index contributed by atoms with van der Waals surface area (Å²) in [4.78, 5) is 10.4. The zero-order chi connectivity index (χ0) is 14.6. The fourth-order valence-corrected chi connectivity index (χ4v) is 1.79. The summed E-state index contributed by atoms with van der Waals surface area (Å²) in [5.74, 6) is -0.996. The first-order valence-electron chi connectivity index (χ1n) is 5.56. The molecule has 7 heteroatoms. The van der Waals surface area contributed by atoms with Gasteiger partial charge in [-0.15, -0.1) is 0 Å². The Balaban J connectivity index is 2.91. The van der Waals surface area contributed by atoms with Crippen LogP contribution < -0.4 is 5.32 Å². The minimum Gasteiger partial charge on any atom is -0.481 e. The van der Waals surface area contributed by atoms with E-state index in [0.29, 0.717) is 0 Å². The van der Waals surface area contributed by atoms with Gasteiger partial charge in [-0.05, 0) is 25.5 Å². The van der Waals surface area contributed by atoms with Crippen LogP contribution in [-0.2, 0) is 11.0 Å². The Morgan fingerprint density at radius 1 is 1.47 bits per heavy atom. The highest BCUT2D eigenvalue weighted by Gasteiger charge is 2.34. The molecule has 0 amide bonds. The summed E-state index contributed by atoms with van der Waals surface area (Å²) in [6, 6.07) is 3.07. The van der Waals surface area contributed by atoms with E-state index in [1.807, 2.05) is 0 Å². The largest absolute Gasteiger partial charge is 0.481 e. The SMILES string of the molecule is CC(CCC(=O)O)Nc1c(Cl)cccc1C(F)(F)F. The molecule has 0 aliphatic carbocycles. The average molecular weight is 296 g/mol. The lowest BCUT2D eigenvalue weighted by molar-refractivity contribution is -0.138. The smallest absolute Gasteiger partial charge is 0.418 e. The van der Waals surface area contributed by atoms with Gasteiger partial charge in [-0.1, -0.05) is 17.7 Å². The molecule has 0 saturated heterocycles. The van der Waals surface area contributed by atoms with Crippen molar-refractivity contribution in [1.29, 1.82) is 0 Å². The van der Waals surface area contributed by atoms with Gasteiger partial charge in [-0.2, -0.15) is 13.2 Å². The lowest BCUT2D eigenvalue weighted by Crippen LogP contribution is -2.20. The Labute approximate surface area is 113 Å².